The Bertz CT molecular complexity index is 416. The minimum absolute atomic E-state index is 0.384. The standard InChI is InChI=1S/C13H14F2N2/c14-11-3-1-10(2-4-11)12(15)13(9-16)5-7-17-8-6-13/h1-4,12,17H,5-8H2. The van der Waals surface area contributed by atoms with E-state index in [4.69, 9.17) is 0 Å². The van der Waals surface area contributed by atoms with E-state index in [0.717, 1.165) is 0 Å². The zero-order chi connectivity index (χ0) is 12.3. The first kappa shape index (κ1) is 12.0. The smallest absolute Gasteiger partial charge is 0.144 e. The van der Waals surface area contributed by atoms with Crippen molar-refractivity contribution >= 4 is 0 Å². The Hall–Kier alpha value is -1.47. The molecule has 1 atom stereocenters. The van der Waals surface area contributed by atoms with Crippen molar-refractivity contribution in [3.63, 3.8) is 0 Å². The van der Waals surface area contributed by atoms with Crippen LogP contribution in [-0.2, 0) is 0 Å². The van der Waals surface area contributed by atoms with Crippen LogP contribution in [0, 0.1) is 22.6 Å². The van der Waals surface area contributed by atoms with Gasteiger partial charge in [-0.3, -0.25) is 0 Å². The zero-order valence-corrected chi connectivity index (χ0v) is 9.42. The number of hydrogen-bond donors (Lipinski definition) is 1. The molecule has 0 spiro atoms. The quantitative estimate of drug-likeness (QED) is 0.857. The minimum atomic E-state index is -1.35. The van der Waals surface area contributed by atoms with Gasteiger partial charge in [0, 0.05) is 0 Å². The monoisotopic (exact) mass is 236 g/mol. The molecule has 0 amide bonds. The minimum Gasteiger partial charge on any atom is -0.317 e. The van der Waals surface area contributed by atoms with Crippen LogP contribution in [0.3, 0.4) is 0 Å². The zero-order valence-electron chi connectivity index (χ0n) is 9.42. The van der Waals surface area contributed by atoms with Gasteiger partial charge in [-0.25, -0.2) is 8.78 Å². The Morgan fingerprint density at radius 3 is 2.35 bits per heavy atom. The van der Waals surface area contributed by atoms with Crippen molar-refractivity contribution < 1.29 is 8.78 Å². The number of alkyl halides is 1. The first-order valence-electron chi connectivity index (χ1n) is 5.69. The van der Waals surface area contributed by atoms with Gasteiger partial charge in [0.25, 0.3) is 0 Å². The third-order valence-electron chi connectivity index (χ3n) is 3.37. The molecule has 0 aliphatic carbocycles. The molecule has 2 rings (SSSR count). The summed E-state index contributed by atoms with van der Waals surface area (Å²) < 4.78 is 27.2. The fraction of sp³-hybridized carbons (Fsp3) is 0.462. The molecular formula is C13H14F2N2. The molecule has 2 nitrogen and oxygen atoms in total. The molecule has 0 radical (unpaired) electrons. The molecule has 4 heteroatoms. The van der Waals surface area contributed by atoms with E-state index in [1.165, 1.54) is 24.3 Å². The van der Waals surface area contributed by atoms with Crippen molar-refractivity contribution in [3.05, 3.63) is 35.6 Å². The molecule has 1 heterocycles. The molecule has 1 fully saturated rings. The van der Waals surface area contributed by atoms with Gasteiger partial charge in [0.05, 0.1) is 11.5 Å². The molecule has 1 aliphatic rings. The van der Waals surface area contributed by atoms with Crippen molar-refractivity contribution in [1.29, 1.82) is 5.26 Å². The van der Waals surface area contributed by atoms with Crippen LogP contribution in [0.25, 0.3) is 0 Å². The fourth-order valence-electron chi connectivity index (χ4n) is 2.25. The number of piperidine rings is 1. The van der Waals surface area contributed by atoms with Gasteiger partial charge in [-0.2, -0.15) is 5.26 Å². The molecule has 1 aliphatic heterocycles. The average molecular weight is 236 g/mol. The number of nitriles is 1. The number of nitrogens with zero attached hydrogens (tertiary/aromatic N) is 1. The number of hydrogen-bond acceptors (Lipinski definition) is 2. The van der Waals surface area contributed by atoms with E-state index < -0.39 is 17.4 Å². The lowest BCUT2D eigenvalue weighted by Crippen LogP contribution is -2.38. The average Bonchev–Trinajstić information content (AvgIpc) is 2.39. The summed E-state index contributed by atoms with van der Waals surface area (Å²) in [5.74, 6) is -0.391. The summed E-state index contributed by atoms with van der Waals surface area (Å²) in [6.07, 6.45) is -0.375. The number of rotatable bonds is 2. The highest BCUT2D eigenvalue weighted by atomic mass is 19.1. The van der Waals surface area contributed by atoms with Crippen LogP contribution in [-0.4, -0.2) is 13.1 Å². The van der Waals surface area contributed by atoms with Crippen molar-refractivity contribution in [1.82, 2.24) is 5.32 Å². The summed E-state index contributed by atoms with van der Waals surface area (Å²) >= 11 is 0. The maximum Gasteiger partial charge on any atom is 0.144 e. The normalized spacial score (nSPS) is 20.5. The Labute approximate surface area is 99.3 Å². The third-order valence-corrected chi connectivity index (χ3v) is 3.37. The summed E-state index contributed by atoms with van der Waals surface area (Å²) in [4.78, 5) is 0. The Kier molecular flexibility index (Phi) is 3.39. The van der Waals surface area contributed by atoms with Gasteiger partial charge in [-0.05, 0) is 43.6 Å². The third kappa shape index (κ3) is 2.29. The van der Waals surface area contributed by atoms with E-state index >= 15 is 0 Å². The second-order valence-corrected chi connectivity index (χ2v) is 4.43. The molecule has 1 saturated heterocycles. The largest absolute Gasteiger partial charge is 0.317 e. The van der Waals surface area contributed by atoms with Crippen LogP contribution in [0.15, 0.2) is 24.3 Å². The van der Waals surface area contributed by atoms with Crippen LogP contribution in [0.5, 0.6) is 0 Å². The Morgan fingerprint density at radius 1 is 1.24 bits per heavy atom. The molecule has 0 bridgehead atoms. The lowest BCUT2D eigenvalue weighted by Gasteiger charge is -2.34. The highest BCUT2D eigenvalue weighted by molar-refractivity contribution is 5.24. The lowest BCUT2D eigenvalue weighted by atomic mass is 9.74. The summed E-state index contributed by atoms with van der Waals surface area (Å²) in [5.41, 5.74) is -0.585. The van der Waals surface area contributed by atoms with Gasteiger partial charge >= 0.3 is 0 Å². The summed E-state index contributed by atoms with van der Waals surface area (Å²) in [5, 5.41) is 12.3. The van der Waals surface area contributed by atoms with E-state index in [1.807, 2.05) is 0 Å². The van der Waals surface area contributed by atoms with E-state index in [0.29, 0.717) is 31.5 Å². The maximum atomic E-state index is 14.4. The summed E-state index contributed by atoms with van der Waals surface area (Å²) in [6.45, 7) is 1.30. The van der Waals surface area contributed by atoms with Crippen molar-refractivity contribution in [2.24, 2.45) is 5.41 Å². The molecule has 1 N–H and O–H groups in total. The van der Waals surface area contributed by atoms with E-state index in [9.17, 15) is 14.0 Å². The van der Waals surface area contributed by atoms with Gasteiger partial charge in [0.15, 0.2) is 0 Å². The second-order valence-electron chi connectivity index (χ2n) is 4.43. The van der Waals surface area contributed by atoms with Crippen LogP contribution in [0.2, 0.25) is 0 Å². The fourth-order valence-corrected chi connectivity index (χ4v) is 2.25. The summed E-state index contributed by atoms with van der Waals surface area (Å²) in [7, 11) is 0. The molecular weight excluding hydrogens is 222 g/mol. The SMILES string of the molecule is N#CC1(C(F)c2ccc(F)cc2)CCNCC1. The first-order valence-corrected chi connectivity index (χ1v) is 5.69. The molecule has 0 saturated carbocycles. The summed E-state index contributed by atoms with van der Waals surface area (Å²) in [6, 6.07) is 7.42. The topological polar surface area (TPSA) is 35.8 Å². The maximum absolute atomic E-state index is 14.4. The molecule has 90 valence electrons. The van der Waals surface area contributed by atoms with Crippen LogP contribution in [0.4, 0.5) is 8.78 Å². The number of benzene rings is 1. The number of halogens is 2. The predicted octanol–water partition coefficient (Wildman–Crippen LogP) is 2.73. The van der Waals surface area contributed by atoms with Gasteiger partial charge in [0.2, 0.25) is 0 Å². The van der Waals surface area contributed by atoms with E-state index in [-0.39, 0.29) is 0 Å². The predicted molar refractivity (Wildman–Crippen MR) is 60.4 cm³/mol. The van der Waals surface area contributed by atoms with Gasteiger partial charge in [0.1, 0.15) is 12.0 Å². The molecule has 1 unspecified atom stereocenters. The first-order chi connectivity index (χ1) is 8.18. The molecule has 1 aromatic carbocycles. The van der Waals surface area contributed by atoms with Crippen LogP contribution in [0.1, 0.15) is 24.6 Å². The molecule has 1 aromatic rings. The van der Waals surface area contributed by atoms with E-state index in [2.05, 4.69) is 11.4 Å². The van der Waals surface area contributed by atoms with Gasteiger partial charge in [-0.15, -0.1) is 0 Å². The lowest BCUT2D eigenvalue weighted by molar-refractivity contribution is 0.123. The Balaban J connectivity index is 2.25. The number of nitrogens with one attached hydrogen (secondary N) is 1. The molecule has 17 heavy (non-hydrogen) atoms. The van der Waals surface area contributed by atoms with Crippen molar-refractivity contribution in [3.8, 4) is 6.07 Å². The Morgan fingerprint density at radius 2 is 1.82 bits per heavy atom. The highest BCUT2D eigenvalue weighted by Crippen LogP contribution is 2.43. The van der Waals surface area contributed by atoms with E-state index in [1.54, 1.807) is 0 Å². The van der Waals surface area contributed by atoms with Crippen LogP contribution >= 0.6 is 0 Å². The van der Waals surface area contributed by atoms with Crippen molar-refractivity contribution in [2.45, 2.75) is 19.0 Å². The van der Waals surface area contributed by atoms with Gasteiger partial charge < -0.3 is 5.32 Å². The highest BCUT2D eigenvalue weighted by Gasteiger charge is 2.41. The second kappa shape index (κ2) is 4.80. The van der Waals surface area contributed by atoms with Gasteiger partial charge in [-0.1, -0.05) is 12.1 Å². The molecule has 0 aromatic heterocycles. The van der Waals surface area contributed by atoms with Crippen LogP contribution < -0.4 is 5.32 Å². The van der Waals surface area contributed by atoms with Crippen molar-refractivity contribution in [2.75, 3.05) is 13.1 Å².